The molecule has 0 radical (unpaired) electrons. The maximum absolute atomic E-state index is 12.7. The molecule has 6 heteroatoms. The first kappa shape index (κ1) is 15.9. The zero-order valence-corrected chi connectivity index (χ0v) is 13.6. The molecule has 0 fully saturated rings. The number of nitrogens with zero attached hydrogens (tertiary/aromatic N) is 1. The van der Waals surface area contributed by atoms with Gasteiger partial charge in [0.2, 0.25) is 5.88 Å². The number of carbonyl (C=O) groups is 2. The first-order valence-electron chi connectivity index (χ1n) is 7.01. The van der Waals surface area contributed by atoms with Crippen LogP contribution in [0.1, 0.15) is 34.1 Å². The number of Topliss-reactive ketones (excluding diaryl/α,β-unsaturated/α-hetero) is 1. The van der Waals surface area contributed by atoms with Crippen molar-refractivity contribution in [3.63, 3.8) is 0 Å². The molecule has 2 atom stereocenters. The van der Waals surface area contributed by atoms with Gasteiger partial charge in [0.05, 0.1) is 11.9 Å². The number of fused-ring (bicyclic) bond motifs is 1. The molecule has 2 heterocycles. The van der Waals surface area contributed by atoms with Crippen LogP contribution in [0.4, 0.5) is 4.79 Å². The monoisotopic (exact) mass is 311 g/mol. The van der Waals surface area contributed by atoms with E-state index in [0.29, 0.717) is 12.0 Å². The average Bonchev–Trinajstić information content (AvgIpc) is 2.84. The van der Waals surface area contributed by atoms with Crippen LogP contribution in [0.5, 0.6) is 0 Å². The fraction of sp³-hybridized carbons (Fsp3) is 0.600. The fourth-order valence-corrected chi connectivity index (χ4v) is 3.54. The molecule has 2 unspecified atom stereocenters. The third-order valence-corrected chi connectivity index (χ3v) is 4.45. The van der Waals surface area contributed by atoms with Gasteiger partial charge < -0.3 is 9.84 Å². The molecule has 0 aromatic rings. The van der Waals surface area contributed by atoms with Crippen LogP contribution in [0.15, 0.2) is 22.9 Å². The number of amides is 1. The van der Waals surface area contributed by atoms with Gasteiger partial charge in [0.15, 0.2) is 5.78 Å². The Bertz CT molecular complexity index is 518. The summed E-state index contributed by atoms with van der Waals surface area (Å²) in [4.78, 5) is 26.0. The van der Waals surface area contributed by atoms with Crippen LogP contribution in [-0.2, 0) is 9.53 Å². The minimum atomic E-state index is -0.690. The van der Waals surface area contributed by atoms with Crippen molar-refractivity contribution < 1.29 is 19.4 Å². The Balaban J connectivity index is 2.41. The van der Waals surface area contributed by atoms with Gasteiger partial charge in [0.25, 0.3) is 0 Å². The molecule has 0 aliphatic carbocycles. The fourth-order valence-electron chi connectivity index (χ4n) is 2.53. The molecule has 0 bridgehead atoms. The van der Waals surface area contributed by atoms with E-state index in [0.717, 1.165) is 4.90 Å². The Morgan fingerprint density at radius 3 is 2.71 bits per heavy atom. The Morgan fingerprint density at radius 1 is 1.48 bits per heavy atom. The predicted octanol–water partition coefficient (Wildman–Crippen LogP) is 3.23. The summed E-state index contributed by atoms with van der Waals surface area (Å²) in [5.41, 5.74) is 0.336. The number of rotatable bonds is 2. The number of carbonyl (C=O) groups excluding carboxylic acids is 2. The van der Waals surface area contributed by atoms with Crippen molar-refractivity contribution in [3.05, 3.63) is 22.9 Å². The van der Waals surface area contributed by atoms with Crippen LogP contribution in [0, 0.1) is 5.41 Å². The van der Waals surface area contributed by atoms with E-state index < -0.39 is 17.4 Å². The molecule has 2 aliphatic heterocycles. The quantitative estimate of drug-likeness (QED) is 0.848. The van der Waals surface area contributed by atoms with Crippen molar-refractivity contribution >= 4 is 23.6 Å². The number of hydrogen-bond donors (Lipinski definition) is 1. The largest absolute Gasteiger partial charge is 0.494 e. The van der Waals surface area contributed by atoms with Crippen molar-refractivity contribution in [3.8, 4) is 0 Å². The second-order valence-electron chi connectivity index (χ2n) is 6.35. The van der Waals surface area contributed by atoms with Gasteiger partial charge in [-0.3, -0.25) is 4.79 Å². The van der Waals surface area contributed by atoms with E-state index >= 15 is 0 Å². The van der Waals surface area contributed by atoms with Gasteiger partial charge >= 0.3 is 6.09 Å². The van der Waals surface area contributed by atoms with Crippen molar-refractivity contribution in [2.24, 2.45) is 5.41 Å². The van der Waals surface area contributed by atoms with Crippen molar-refractivity contribution in [2.75, 3.05) is 6.61 Å². The molecule has 0 saturated carbocycles. The molecule has 0 spiro atoms. The summed E-state index contributed by atoms with van der Waals surface area (Å²) >= 11 is 1.37. The van der Waals surface area contributed by atoms with Crippen LogP contribution in [0.2, 0.25) is 0 Å². The smallest absolute Gasteiger partial charge is 0.417 e. The molecule has 116 valence electrons. The molecular formula is C15H21NO4S. The zero-order chi connectivity index (χ0) is 15.8. The maximum Gasteiger partial charge on any atom is 0.417 e. The lowest BCUT2D eigenvalue weighted by molar-refractivity contribution is -0.125. The molecule has 0 aromatic carbocycles. The van der Waals surface area contributed by atoms with Gasteiger partial charge in [-0.1, -0.05) is 20.8 Å². The summed E-state index contributed by atoms with van der Waals surface area (Å²) in [7, 11) is 0. The van der Waals surface area contributed by atoms with Crippen molar-refractivity contribution in [2.45, 2.75) is 45.4 Å². The summed E-state index contributed by atoms with van der Waals surface area (Å²) in [5, 5.41) is 11.8. The highest BCUT2D eigenvalue weighted by Crippen LogP contribution is 2.40. The van der Waals surface area contributed by atoms with E-state index in [1.54, 1.807) is 18.4 Å². The van der Waals surface area contributed by atoms with E-state index in [9.17, 15) is 14.7 Å². The first-order valence-corrected chi connectivity index (χ1v) is 7.95. The highest BCUT2D eigenvalue weighted by Gasteiger charge is 2.47. The van der Waals surface area contributed by atoms with E-state index in [2.05, 4.69) is 0 Å². The summed E-state index contributed by atoms with van der Waals surface area (Å²) in [6, 6.07) is -0.690. The zero-order valence-electron chi connectivity index (χ0n) is 12.8. The van der Waals surface area contributed by atoms with Gasteiger partial charge in [-0.05, 0) is 30.2 Å². The van der Waals surface area contributed by atoms with E-state index in [1.165, 1.54) is 11.8 Å². The van der Waals surface area contributed by atoms with Crippen LogP contribution < -0.4 is 0 Å². The van der Waals surface area contributed by atoms with Crippen LogP contribution >= 0.6 is 11.8 Å². The molecule has 1 N–H and O–H groups in total. The number of ether oxygens (including phenoxy) is 1. The standard InChI is InChI=1S/C15H21NO4S/c1-5-20-14(19)16-10(8-15(2,3)4)11(17)12-9(13(16)18)6-7-21-12/h6-7,10,12,18H,5,8H2,1-4H3. The van der Waals surface area contributed by atoms with E-state index in [-0.39, 0.29) is 23.7 Å². The Hall–Kier alpha value is -1.43. The number of allylic oxidation sites excluding steroid dienone is 1. The topological polar surface area (TPSA) is 66.8 Å². The third-order valence-electron chi connectivity index (χ3n) is 3.40. The summed E-state index contributed by atoms with van der Waals surface area (Å²) < 4.78 is 5.00. The Labute approximate surface area is 129 Å². The van der Waals surface area contributed by atoms with E-state index in [1.807, 2.05) is 20.8 Å². The molecule has 1 amide bonds. The predicted molar refractivity (Wildman–Crippen MR) is 81.9 cm³/mol. The van der Waals surface area contributed by atoms with Crippen LogP contribution in [0.25, 0.3) is 0 Å². The lowest BCUT2D eigenvalue weighted by atomic mass is 9.83. The number of hydrogen-bond acceptors (Lipinski definition) is 5. The summed E-state index contributed by atoms with van der Waals surface area (Å²) in [5.74, 6) is -0.214. The molecular weight excluding hydrogens is 290 g/mol. The minimum Gasteiger partial charge on any atom is -0.494 e. The van der Waals surface area contributed by atoms with Crippen molar-refractivity contribution in [1.82, 2.24) is 4.90 Å². The lowest BCUT2D eigenvalue weighted by Crippen LogP contribution is -2.53. The van der Waals surface area contributed by atoms with Gasteiger partial charge in [0.1, 0.15) is 6.04 Å². The van der Waals surface area contributed by atoms with Gasteiger partial charge in [-0.2, -0.15) is 0 Å². The third kappa shape index (κ3) is 3.10. The highest BCUT2D eigenvalue weighted by atomic mass is 32.2. The number of aliphatic hydroxyl groups excluding tert-OH is 1. The van der Waals surface area contributed by atoms with E-state index in [4.69, 9.17) is 4.74 Å². The highest BCUT2D eigenvalue weighted by molar-refractivity contribution is 8.04. The molecule has 2 aliphatic rings. The first-order chi connectivity index (χ1) is 9.76. The molecule has 0 aromatic heterocycles. The minimum absolute atomic E-state index is 0.0548. The second-order valence-corrected chi connectivity index (χ2v) is 7.37. The van der Waals surface area contributed by atoms with Gasteiger partial charge in [-0.15, -0.1) is 11.8 Å². The lowest BCUT2D eigenvalue weighted by Gasteiger charge is -2.38. The SMILES string of the molecule is CCOC(=O)N1C(O)=C2C=CSC2C(=O)C1CC(C)(C)C. The van der Waals surface area contributed by atoms with Crippen LogP contribution in [-0.4, -0.2) is 39.8 Å². The van der Waals surface area contributed by atoms with Gasteiger partial charge in [-0.25, -0.2) is 9.69 Å². The second kappa shape index (κ2) is 5.75. The Kier molecular flexibility index (Phi) is 4.37. The molecule has 0 saturated heterocycles. The maximum atomic E-state index is 12.7. The van der Waals surface area contributed by atoms with Crippen molar-refractivity contribution in [1.29, 1.82) is 0 Å². The molecule has 2 rings (SSSR count). The summed E-state index contributed by atoms with van der Waals surface area (Å²) in [6.07, 6.45) is 1.48. The number of thioether (sulfide) groups is 1. The normalized spacial score (nSPS) is 25.3. The number of aliphatic hydroxyl groups is 1. The Morgan fingerprint density at radius 2 is 2.14 bits per heavy atom. The molecule has 21 heavy (non-hydrogen) atoms. The van der Waals surface area contributed by atoms with Gasteiger partial charge in [0, 0.05) is 5.57 Å². The average molecular weight is 311 g/mol. The molecule has 5 nitrogen and oxygen atoms in total. The summed E-state index contributed by atoms with van der Waals surface area (Å²) in [6.45, 7) is 7.89. The number of ketones is 1. The van der Waals surface area contributed by atoms with Crippen LogP contribution in [0.3, 0.4) is 0 Å².